The van der Waals surface area contributed by atoms with Gasteiger partial charge in [0.05, 0.1) is 11.5 Å². The second-order valence-corrected chi connectivity index (χ2v) is 7.91. The Bertz CT molecular complexity index is 507. The highest BCUT2D eigenvalue weighted by molar-refractivity contribution is 7.91. The monoisotopic (exact) mass is 281 g/mol. The van der Waals surface area contributed by atoms with Crippen molar-refractivity contribution in [3.63, 3.8) is 0 Å². The quantitative estimate of drug-likeness (QED) is 0.897. The summed E-state index contributed by atoms with van der Waals surface area (Å²) >= 11 is 0. The molecule has 1 heterocycles. The normalized spacial score (nSPS) is 23.4. The molecule has 0 bridgehead atoms. The molecule has 4 heteroatoms. The predicted molar refractivity (Wildman–Crippen MR) is 79.1 cm³/mol. The molecule has 106 valence electrons. The highest BCUT2D eigenvalue weighted by Crippen LogP contribution is 2.24. The van der Waals surface area contributed by atoms with Gasteiger partial charge in [-0.2, -0.15) is 0 Å². The Balaban J connectivity index is 1.92. The van der Waals surface area contributed by atoms with Gasteiger partial charge in [-0.3, -0.25) is 0 Å². The minimum atomic E-state index is -2.76. The summed E-state index contributed by atoms with van der Waals surface area (Å²) in [5.41, 5.74) is 2.58. The molecule has 0 amide bonds. The van der Waals surface area contributed by atoms with Crippen LogP contribution < -0.4 is 5.32 Å². The van der Waals surface area contributed by atoms with Crippen molar-refractivity contribution in [2.45, 2.75) is 32.2 Å². The van der Waals surface area contributed by atoms with E-state index in [4.69, 9.17) is 0 Å². The zero-order valence-electron chi connectivity index (χ0n) is 11.7. The summed E-state index contributed by atoms with van der Waals surface area (Å²) < 4.78 is 23.0. The van der Waals surface area contributed by atoms with E-state index in [1.807, 2.05) is 7.05 Å². The van der Waals surface area contributed by atoms with E-state index in [0.29, 0.717) is 23.5 Å². The first-order valence-corrected chi connectivity index (χ1v) is 8.74. The van der Waals surface area contributed by atoms with Crippen molar-refractivity contribution in [1.29, 1.82) is 0 Å². The average Bonchev–Trinajstić information content (AvgIpc) is 2.70. The topological polar surface area (TPSA) is 46.2 Å². The number of benzene rings is 1. The second kappa shape index (κ2) is 6.06. The molecule has 0 spiro atoms. The molecule has 3 nitrogen and oxygen atoms in total. The summed E-state index contributed by atoms with van der Waals surface area (Å²) in [6.07, 6.45) is 2.74. The van der Waals surface area contributed by atoms with Crippen LogP contribution in [0.2, 0.25) is 0 Å². The minimum absolute atomic E-state index is 0.327. The van der Waals surface area contributed by atoms with Crippen LogP contribution in [0.15, 0.2) is 24.3 Å². The largest absolute Gasteiger partial charge is 0.317 e. The predicted octanol–water partition coefficient (Wildman–Crippen LogP) is 1.95. The average molecular weight is 281 g/mol. The van der Waals surface area contributed by atoms with Crippen molar-refractivity contribution in [3.8, 4) is 0 Å². The smallest absolute Gasteiger partial charge is 0.150 e. The Morgan fingerprint density at radius 3 is 2.53 bits per heavy atom. The van der Waals surface area contributed by atoms with Gasteiger partial charge in [-0.05, 0) is 44.7 Å². The van der Waals surface area contributed by atoms with E-state index in [2.05, 4.69) is 36.5 Å². The minimum Gasteiger partial charge on any atom is -0.317 e. The zero-order chi connectivity index (χ0) is 13.9. The lowest BCUT2D eigenvalue weighted by Crippen LogP contribution is -2.30. The Kier molecular flexibility index (Phi) is 4.63. The molecule has 1 aliphatic heterocycles. The standard InChI is InChI=1S/C15H23NO2S/c1-12-3-5-13(6-4-12)9-15(16-2)10-14-7-8-19(17,18)11-14/h3-6,14-16H,7-11H2,1-2H3. The Hall–Kier alpha value is -0.870. The van der Waals surface area contributed by atoms with Crippen molar-refractivity contribution in [1.82, 2.24) is 5.32 Å². The summed E-state index contributed by atoms with van der Waals surface area (Å²) in [7, 11) is -0.795. The number of aryl methyl sites for hydroxylation is 1. The van der Waals surface area contributed by atoms with Crippen LogP contribution in [0.3, 0.4) is 0 Å². The van der Waals surface area contributed by atoms with Gasteiger partial charge in [0.1, 0.15) is 0 Å². The van der Waals surface area contributed by atoms with Crippen molar-refractivity contribution in [3.05, 3.63) is 35.4 Å². The van der Waals surface area contributed by atoms with Gasteiger partial charge in [-0.1, -0.05) is 29.8 Å². The molecule has 19 heavy (non-hydrogen) atoms. The molecule has 0 aromatic heterocycles. The third-order valence-corrected chi connectivity index (χ3v) is 5.79. The molecule has 1 aromatic rings. The molecule has 0 saturated carbocycles. The third kappa shape index (κ3) is 4.32. The van der Waals surface area contributed by atoms with Crippen LogP contribution in [0.4, 0.5) is 0 Å². The van der Waals surface area contributed by atoms with Crippen LogP contribution in [0.1, 0.15) is 24.0 Å². The number of nitrogens with one attached hydrogen (secondary N) is 1. The van der Waals surface area contributed by atoms with Crippen LogP contribution in [0.25, 0.3) is 0 Å². The van der Waals surface area contributed by atoms with Crippen LogP contribution in [0, 0.1) is 12.8 Å². The van der Waals surface area contributed by atoms with Gasteiger partial charge < -0.3 is 5.32 Å². The Morgan fingerprint density at radius 2 is 2.00 bits per heavy atom. The molecule has 0 aliphatic carbocycles. The number of likely N-dealkylation sites (N-methyl/N-ethyl adjacent to an activating group) is 1. The van der Waals surface area contributed by atoms with E-state index in [1.54, 1.807) is 0 Å². The molecular formula is C15H23NO2S. The lowest BCUT2D eigenvalue weighted by Gasteiger charge is -2.19. The van der Waals surface area contributed by atoms with E-state index in [0.717, 1.165) is 19.3 Å². The first-order valence-electron chi connectivity index (χ1n) is 6.92. The number of rotatable bonds is 5. The van der Waals surface area contributed by atoms with Gasteiger partial charge in [0.25, 0.3) is 0 Å². The summed E-state index contributed by atoms with van der Waals surface area (Å²) in [6, 6.07) is 8.93. The fourth-order valence-corrected chi connectivity index (χ4v) is 4.65. The van der Waals surface area contributed by atoms with Gasteiger partial charge in [0.2, 0.25) is 0 Å². The molecular weight excluding hydrogens is 258 g/mol. The van der Waals surface area contributed by atoms with Gasteiger partial charge in [0, 0.05) is 6.04 Å². The van der Waals surface area contributed by atoms with Crippen molar-refractivity contribution in [2.75, 3.05) is 18.6 Å². The molecule has 1 aliphatic rings. The summed E-state index contributed by atoms with van der Waals surface area (Å²) in [5.74, 6) is 1.07. The zero-order valence-corrected chi connectivity index (χ0v) is 12.5. The van der Waals surface area contributed by atoms with Gasteiger partial charge in [-0.25, -0.2) is 8.42 Å². The van der Waals surface area contributed by atoms with E-state index >= 15 is 0 Å². The maximum absolute atomic E-state index is 11.5. The van der Waals surface area contributed by atoms with Crippen LogP contribution in [-0.2, 0) is 16.3 Å². The molecule has 0 radical (unpaired) electrons. The van der Waals surface area contributed by atoms with Crippen LogP contribution in [-0.4, -0.2) is 33.0 Å². The SMILES string of the molecule is CNC(Cc1ccc(C)cc1)CC1CCS(=O)(=O)C1. The van der Waals surface area contributed by atoms with E-state index in [-0.39, 0.29) is 0 Å². The third-order valence-electron chi connectivity index (χ3n) is 3.96. The number of hydrogen-bond donors (Lipinski definition) is 1. The van der Waals surface area contributed by atoms with Gasteiger partial charge >= 0.3 is 0 Å². The lowest BCUT2D eigenvalue weighted by atomic mass is 9.94. The highest BCUT2D eigenvalue weighted by atomic mass is 32.2. The maximum atomic E-state index is 11.5. The molecule has 1 fully saturated rings. The number of hydrogen-bond acceptors (Lipinski definition) is 3. The van der Waals surface area contributed by atoms with Gasteiger partial charge in [-0.15, -0.1) is 0 Å². The lowest BCUT2D eigenvalue weighted by molar-refractivity contribution is 0.424. The van der Waals surface area contributed by atoms with Crippen LogP contribution >= 0.6 is 0 Å². The molecule has 2 atom stereocenters. The van der Waals surface area contributed by atoms with Crippen molar-refractivity contribution >= 4 is 9.84 Å². The van der Waals surface area contributed by atoms with Crippen LogP contribution in [0.5, 0.6) is 0 Å². The Morgan fingerprint density at radius 1 is 1.32 bits per heavy atom. The maximum Gasteiger partial charge on any atom is 0.150 e. The number of sulfone groups is 1. The molecule has 1 saturated heterocycles. The highest BCUT2D eigenvalue weighted by Gasteiger charge is 2.29. The van der Waals surface area contributed by atoms with E-state index in [1.165, 1.54) is 11.1 Å². The summed E-state index contributed by atoms with van der Waals surface area (Å²) in [4.78, 5) is 0. The van der Waals surface area contributed by atoms with E-state index in [9.17, 15) is 8.42 Å². The van der Waals surface area contributed by atoms with Crippen molar-refractivity contribution < 1.29 is 8.42 Å². The first kappa shape index (κ1) is 14.5. The van der Waals surface area contributed by atoms with E-state index < -0.39 is 9.84 Å². The molecule has 2 rings (SSSR count). The fraction of sp³-hybridized carbons (Fsp3) is 0.600. The van der Waals surface area contributed by atoms with Crippen molar-refractivity contribution in [2.24, 2.45) is 5.92 Å². The Labute approximate surface area is 116 Å². The van der Waals surface area contributed by atoms with Gasteiger partial charge in [0.15, 0.2) is 9.84 Å². The first-order chi connectivity index (χ1) is 8.98. The summed E-state index contributed by atoms with van der Waals surface area (Å²) in [6.45, 7) is 2.09. The second-order valence-electron chi connectivity index (χ2n) is 5.68. The summed E-state index contributed by atoms with van der Waals surface area (Å²) in [5, 5.41) is 3.32. The molecule has 2 unspecified atom stereocenters. The molecule has 1 N–H and O–H groups in total. The molecule has 1 aromatic carbocycles. The fourth-order valence-electron chi connectivity index (χ4n) is 2.77.